The van der Waals surface area contributed by atoms with E-state index in [2.05, 4.69) is 0 Å². The van der Waals surface area contributed by atoms with Crippen molar-refractivity contribution in [2.24, 2.45) is 0 Å². The van der Waals surface area contributed by atoms with Crippen LogP contribution >= 0.6 is 11.6 Å². The Hall–Kier alpha value is -1.87. The molecule has 2 aromatic rings. The summed E-state index contributed by atoms with van der Waals surface area (Å²) >= 11 is 5.48. The van der Waals surface area contributed by atoms with Gasteiger partial charge in [0.15, 0.2) is 0 Å². The van der Waals surface area contributed by atoms with Crippen molar-refractivity contribution < 1.29 is 15.3 Å². The van der Waals surface area contributed by atoms with Gasteiger partial charge >= 0.3 is 0 Å². The number of phenols is 3. The quantitative estimate of drug-likeness (QED) is 0.618. The lowest BCUT2D eigenvalue weighted by Gasteiger charge is -1.88. The smallest absolute Gasteiger partial charge is 0.117 e. The molecule has 0 atom stereocenters. The van der Waals surface area contributed by atoms with Crippen LogP contribution in [-0.2, 0) is 0 Å². The van der Waals surface area contributed by atoms with E-state index in [9.17, 15) is 0 Å². The molecule has 0 spiro atoms. The maximum atomic E-state index is 8.73. The Morgan fingerprint density at radius 1 is 0.688 bits per heavy atom. The molecule has 0 amide bonds. The molecule has 3 N–H and O–H groups in total. The molecule has 84 valence electrons. The maximum absolute atomic E-state index is 8.73. The van der Waals surface area contributed by atoms with E-state index in [4.69, 9.17) is 26.9 Å². The van der Waals surface area contributed by atoms with Gasteiger partial charge in [-0.1, -0.05) is 17.7 Å². The van der Waals surface area contributed by atoms with E-state index in [-0.39, 0.29) is 17.2 Å². The summed E-state index contributed by atoms with van der Waals surface area (Å²) in [4.78, 5) is 0. The van der Waals surface area contributed by atoms with Crippen molar-refractivity contribution in [2.45, 2.75) is 0 Å². The van der Waals surface area contributed by atoms with Gasteiger partial charge in [-0.05, 0) is 42.5 Å². The van der Waals surface area contributed by atoms with Crippen molar-refractivity contribution in [1.29, 1.82) is 0 Å². The lowest BCUT2D eigenvalue weighted by molar-refractivity contribution is 0.460. The minimum Gasteiger partial charge on any atom is -0.508 e. The first-order valence-corrected chi connectivity index (χ1v) is 4.88. The molecular formula is C12H11ClO3. The minimum absolute atomic E-state index is 0.169. The maximum Gasteiger partial charge on any atom is 0.117 e. The Morgan fingerprint density at radius 2 is 1.19 bits per heavy atom. The molecule has 0 unspecified atom stereocenters. The van der Waals surface area contributed by atoms with E-state index in [0.29, 0.717) is 5.02 Å². The van der Waals surface area contributed by atoms with E-state index < -0.39 is 0 Å². The number of aromatic hydroxyl groups is 3. The summed E-state index contributed by atoms with van der Waals surface area (Å²) in [5, 5.41) is 26.6. The van der Waals surface area contributed by atoms with Gasteiger partial charge in [0, 0.05) is 5.02 Å². The summed E-state index contributed by atoms with van der Waals surface area (Å²) in [7, 11) is 0. The number of hydrogen-bond acceptors (Lipinski definition) is 3. The van der Waals surface area contributed by atoms with Crippen LogP contribution in [0.15, 0.2) is 48.5 Å². The summed E-state index contributed by atoms with van der Waals surface area (Å²) in [5.74, 6) is 0.545. The molecule has 16 heavy (non-hydrogen) atoms. The normalized spacial score (nSPS) is 9.06. The van der Waals surface area contributed by atoms with Crippen molar-refractivity contribution in [3.63, 3.8) is 0 Å². The van der Waals surface area contributed by atoms with Crippen molar-refractivity contribution in [3.05, 3.63) is 53.6 Å². The fourth-order valence-electron chi connectivity index (χ4n) is 0.929. The molecule has 0 bridgehead atoms. The summed E-state index contributed by atoms with van der Waals surface area (Å²) in [6.07, 6.45) is 0. The topological polar surface area (TPSA) is 60.7 Å². The second kappa shape index (κ2) is 5.88. The van der Waals surface area contributed by atoms with Gasteiger partial charge in [0.1, 0.15) is 17.2 Å². The standard InChI is InChI=1S/C6H5ClO.C6H6O2/c7-5-2-1-3-6(8)4-5;7-5-1-2-6(8)4-3-5/h1-4,8H;1-4,7-8H. The average molecular weight is 239 g/mol. The van der Waals surface area contributed by atoms with Crippen molar-refractivity contribution in [2.75, 3.05) is 0 Å². The van der Waals surface area contributed by atoms with E-state index in [1.165, 1.54) is 30.3 Å². The van der Waals surface area contributed by atoms with Crippen molar-refractivity contribution >= 4 is 11.6 Å². The largest absolute Gasteiger partial charge is 0.508 e. The van der Waals surface area contributed by atoms with Gasteiger partial charge in [0.2, 0.25) is 0 Å². The zero-order valence-corrected chi connectivity index (χ0v) is 9.09. The number of halogens is 1. The van der Waals surface area contributed by atoms with Gasteiger partial charge in [0.05, 0.1) is 0 Å². The minimum atomic E-state index is 0.169. The highest BCUT2D eigenvalue weighted by Crippen LogP contribution is 2.14. The summed E-state index contributed by atoms with van der Waals surface area (Å²) in [5.41, 5.74) is 0. The van der Waals surface area contributed by atoms with Crippen molar-refractivity contribution in [1.82, 2.24) is 0 Å². The highest BCUT2D eigenvalue weighted by molar-refractivity contribution is 6.30. The van der Waals surface area contributed by atoms with Gasteiger partial charge in [-0.15, -0.1) is 0 Å². The van der Waals surface area contributed by atoms with Gasteiger partial charge in [-0.3, -0.25) is 0 Å². The number of benzene rings is 2. The molecule has 0 aliphatic heterocycles. The van der Waals surface area contributed by atoms with Crippen LogP contribution in [-0.4, -0.2) is 15.3 Å². The van der Waals surface area contributed by atoms with Crippen LogP contribution in [0.1, 0.15) is 0 Å². The third kappa shape index (κ3) is 4.57. The molecule has 0 saturated heterocycles. The van der Waals surface area contributed by atoms with Crippen LogP contribution in [0.2, 0.25) is 5.02 Å². The molecule has 4 heteroatoms. The first kappa shape index (κ1) is 12.2. The highest BCUT2D eigenvalue weighted by Gasteiger charge is 1.85. The van der Waals surface area contributed by atoms with Crippen molar-refractivity contribution in [3.8, 4) is 17.2 Å². The summed E-state index contributed by atoms with van der Waals surface area (Å²) in [6.45, 7) is 0. The summed E-state index contributed by atoms with van der Waals surface area (Å²) in [6, 6.07) is 12.2. The highest BCUT2D eigenvalue weighted by atomic mass is 35.5. The van der Waals surface area contributed by atoms with Gasteiger partial charge in [-0.25, -0.2) is 0 Å². The van der Waals surface area contributed by atoms with Crippen LogP contribution < -0.4 is 0 Å². The zero-order chi connectivity index (χ0) is 12.0. The van der Waals surface area contributed by atoms with E-state index in [1.54, 1.807) is 18.2 Å². The predicted molar refractivity (Wildman–Crippen MR) is 62.9 cm³/mol. The molecule has 0 aliphatic rings. The molecule has 0 aliphatic carbocycles. The molecular weight excluding hydrogens is 228 g/mol. The lowest BCUT2D eigenvalue weighted by atomic mass is 10.3. The van der Waals surface area contributed by atoms with Crippen LogP contribution in [0.5, 0.6) is 17.2 Å². The van der Waals surface area contributed by atoms with Gasteiger partial charge < -0.3 is 15.3 Å². The Morgan fingerprint density at radius 3 is 1.50 bits per heavy atom. The summed E-state index contributed by atoms with van der Waals surface area (Å²) < 4.78 is 0. The van der Waals surface area contributed by atoms with Crippen LogP contribution in [0.3, 0.4) is 0 Å². The fourth-order valence-corrected chi connectivity index (χ4v) is 1.11. The molecule has 2 rings (SSSR count). The molecule has 0 radical (unpaired) electrons. The Balaban J connectivity index is 0.000000160. The van der Waals surface area contributed by atoms with Gasteiger partial charge in [-0.2, -0.15) is 0 Å². The van der Waals surface area contributed by atoms with Gasteiger partial charge in [0.25, 0.3) is 0 Å². The third-order valence-corrected chi connectivity index (χ3v) is 1.89. The first-order chi connectivity index (χ1) is 7.58. The lowest BCUT2D eigenvalue weighted by Crippen LogP contribution is -1.61. The predicted octanol–water partition coefficient (Wildman–Crippen LogP) is 3.14. The molecule has 0 fully saturated rings. The van der Waals surface area contributed by atoms with E-state index in [0.717, 1.165) is 0 Å². The molecule has 0 saturated carbocycles. The number of phenolic OH excluding ortho intramolecular Hbond substituents is 3. The van der Waals surface area contributed by atoms with Crippen LogP contribution in [0.25, 0.3) is 0 Å². The van der Waals surface area contributed by atoms with Crippen LogP contribution in [0, 0.1) is 0 Å². The zero-order valence-electron chi connectivity index (χ0n) is 8.34. The average Bonchev–Trinajstić information content (AvgIpc) is 2.23. The Bertz CT molecular complexity index is 402. The molecule has 0 heterocycles. The first-order valence-electron chi connectivity index (χ1n) is 4.50. The SMILES string of the molecule is Oc1ccc(O)cc1.Oc1cccc(Cl)c1. The number of hydrogen-bond donors (Lipinski definition) is 3. The fraction of sp³-hybridized carbons (Fsp3) is 0. The number of rotatable bonds is 0. The second-order valence-corrected chi connectivity index (χ2v) is 3.43. The Labute approximate surface area is 98.2 Å². The van der Waals surface area contributed by atoms with E-state index >= 15 is 0 Å². The van der Waals surface area contributed by atoms with E-state index in [1.807, 2.05) is 0 Å². The monoisotopic (exact) mass is 238 g/mol. The molecule has 0 aromatic heterocycles. The van der Waals surface area contributed by atoms with Crippen LogP contribution in [0.4, 0.5) is 0 Å². The second-order valence-electron chi connectivity index (χ2n) is 3.00. The molecule has 3 nitrogen and oxygen atoms in total. The third-order valence-electron chi connectivity index (χ3n) is 1.66. The Kier molecular flexibility index (Phi) is 4.48. The molecule has 2 aromatic carbocycles.